The Morgan fingerprint density at radius 3 is 2.08 bits per heavy atom. The van der Waals surface area contributed by atoms with Crippen LogP contribution in [-0.2, 0) is 0 Å². The van der Waals surface area contributed by atoms with Crippen molar-refractivity contribution in [1.82, 2.24) is 0 Å². The van der Waals surface area contributed by atoms with Gasteiger partial charge in [-0.15, -0.1) is 11.6 Å². The maximum absolute atomic E-state index is 9.75. The van der Waals surface area contributed by atoms with Crippen molar-refractivity contribution in [2.75, 3.05) is 0 Å². The third-order valence-corrected chi connectivity index (χ3v) is 3.59. The van der Waals surface area contributed by atoms with E-state index in [0.29, 0.717) is 6.42 Å². The van der Waals surface area contributed by atoms with Crippen molar-refractivity contribution in [1.29, 1.82) is 0 Å². The van der Waals surface area contributed by atoms with E-state index in [-0.39, 0.29) is 6.42 Å². The van der Waals surface area contributed by atoms with E-state index in [4.69, 9.17) is 34.7 Å². The Morgan fingerprint density at radius 1 is 1.42 bits per heavy atom. The average Bonchev–Trinajstić information content (AvgIpc) is 2.15. The molecular formula is C6H12Cl2N2O2. The van der Waals surface area contributed by atoms with Crippen molar-refractivity contribution < 1.29 is 10.2 Å². The highest BCUT2D eigenvalue weighted by atomic mass is 35.5. The molecule has 0 amide bonds. The fraction of sp³-hybridized carbons (Fsp3) is 1.00. The fourth-order valence-corrected chi connectivity index (χ4v) is 2.01. The highest BCUT2D eigenvalue weighted by Crippen LogP contribution is 2.45. The molecule has 0 aromatic carbocycles. The first-order valence-corrected chi connectivity index (χ1v) is 4.42. The van der Waals surface area contributed by atoms with Crippen LogP contribution in [0.25, 0.3) is 0 Å². The molecule has 4 nitrogen and oxygen atoms in total. The second kappa shape index (κ2) is 2.97. The minimum Gasteiger partial charge on any atom is -0.382 e. The lowest BCUT2D eigenvalue weighted by molar-refractivity contribution is -0.0926. The van der Waals surface area contributed by atoms with Crippen molar-refractivity contribution in [3.05, 3.63) is 0 Å². The highest BCUT2D eigenvalue weighted by molar-refractivity contribution is 6.32. The van der Waals surface area contributed by atoms with Gasteiger partial charge in [0.05, 0.1) is 11.5 Å². The maximum Gasteiger partial charge on any atom is 0.186 e. The van der Waals surface area contributed by atoms with Crippen molar-refractivity contribution in [2.24, 2.45) is 11.5 Å². The van der Waals surface area contributed by atoms with Crippen LogP contribution in [-0.4, -0.2) is 32.4 Å². The van der Waals surface area contributed by atoms with Crippen LogP contribution in [0.15, 0.2) is 0 Å². The van der Waals surface area contributed by atoms with Gasteiger partial charge in [0.2, 0.25) is 0 Å². The lowest BCUT2D eigenvalue weighted by Gasteiger charge is -2.37. The van der Waals surface area contributed by atoms with Crippen LogP contribution in [0, 0.1) is 0 Å². The molecule has 0 radical (unpaired) electrons. The monoisotopic (exact) mass is 214 g/mol. The fourth-order valence-electron chi connectivity index (χ4n) is 1.38. The summed E-state index contributed by atoms with van der Waals surface area (Å²) >= 11 is 11.3. The van der Waals surface area contributed by atoms with E-state index in [9.17, 15) is 10.2 Å². The summed E-state index contributed by atoms with van der Waals surface area (Å²) in [4.78, 5) is 0. The topological polar surface area (TPSA) is 92.5 Å². The normalized spacial score (nSPS) is 48.8. The van der Waals surface area contributed by atoms with Crippen LogP contribution in [0.4, 0.5) is 0 Å². The summed E-state index contributed by atoms with van der Waals surface area (Å²) in [6.07, 6.45) is -0.495. The van der Waals surface area contributed by atoms with Gasteiger partial charge >= 0.3 is 0 Å². The highest BCUT2D eigenvalue weighted by Gasteiger charge is 2.60. The Balaban J connectivity index is 2.93. The molecule has 0 aromatic rings. The quantitative estimate of drug-likeness (QED) is 0.343. The van der Waals surface area contributed by atoms with Crippen molar-refractivity contribution in [3.63, 3.8) is 0 Å². The molecule has 0 aliphatic heterocycles. The van der Waals surface area contributed by atoms with Crippen molar-refractivity contribution in [3.8, 4) is 0 Å². The van der Waals surface area contributed by atoms with E-state index in [0.717, 1.165) is 0 Å². The van der Waals surface area contributed by atoms with E-state index in [1.54, 1.807) is 0 Å². The molecule has 12 heavy (non-hydrogen) atoms. The Morgan fingerprint density at radius 2 is 1.92 bits per heavy atom. The third-order valence-electron chi connectivity index (χ3n) is 2.35. The summed E-state index contributed by atoms with van der Waals surface area (Å²) in [6.45, 7) is 0. The van der Waals surface area contributed by atoms with Crippen LogP contribution < -0.4 is 11.5 Å². The molecule has 0 spiro atoms. The van der Waals surface area contributed by atoms with Crippen molar-refractivity contribution >= 4 is 23.2 Å². The van der Waals surface area contributed by atoms with Crippen molar-refractivity contribution in [2.45, 2.75) is 35.0 Å². The number of hydrogen-bond acceptors (Lipinski definition) is 4. The number of aliphatic hydroxyl groups is 2. The third kappa shape index (κ3) is 1.23. The first-order chi connectivity index (χ1) is 5.32. The molecule has 0 aromatic heterocycles. The number of nitrogens with two attached hydrogens (primary N) is 2. The number of hydrogen-bond donors (Lipinski definition) is 4. The van der Waals surface area contributed by atoms with E-state index in [2.05, 4.69) is 0 Å². The summed E-state index contributed by atoms with van der Waals surface area (Å²) < 4.78 is 0. The lowest BCUT2D eigenvalue weighted by atomic mass is 9.96. The largest absolute Gasteiger partial charge is 0.382 e. The average molecular weight is 215 g/mol. The molecule has 0 bridgehead atoms. The van der Waals surface area contributed by atoms with E-state index >= 15 is 0 Å². The standard InChI is InChI=1S/C6H12Cl2N2O2/c7-3-1-2-5(11,4(9)10)6(3,8)12/h3-4,11-12H,1-2,9-10H2. The number of alkyl halides is 2. The molecule has 1 aliphatic carbocycles. The minimum absolute atomic E-state index is 0.207. The zero-order chi connectivity index (χ0) is 9.57. The molecule has 0 heterocycles. The zero-order valence-electron chi connectivity index (χ0n) is 6.37. The zero-order valence-corrected chi connectivity index (χ0v) is 7.89. The van der Waals surface area contributed by atoms with E-state index < -0.39 is 22.2 Å². The first-order valence-electron chi connectivity index (χ1n) is 3.61. The van der Waals surface area contributed by atoms with Gasteiger partial charge in [-0.2, -0.15) is 0 Å². The van der Waals surface area contributed by atoms with Crippen LogP contribution in [0.2, 0.25) is 0 Å². The Labute approximate surface area is 80.4 Å². The van der Waals surface area contributed by atoms with Crippen LogP contribution in [0.5, 0.6) is 0 Å². The van der Waals surface area contributed by atoms with Crippen LogP contribution in [0.1, 0.15) is 12.8 Å². The second-order valence-electron chi connectivity index (χ2n) is 3.13. The van der Waals surface area contributed by atoms with Gasteiger partial charge in [-0.05, 0) is 12.8 Å². The van der Waals surface area contributed by atoms with Crippen LogP contribution in [0.3, 0.4) is 0 Å². The molecule has 6 N–H and O–H groups in total. The van der Waals surface area contributed by atoms with E-state index in [1.807, 2.05) is 0 Å². The molecule has 3 atom stereocenters. The summed E-state index contributed by atoms with van der Waals surface area (Å²) in [5, 5.41) is 16.7. The minimum atomic E-state index is -1.93. The first kappa shape index (κ1) is 10.5. The SMILES string of the molecule is NC(N)C1(O)CCC(Cl)C1(O)Cl. The molecular weight excluding hydrogens is 203 g/mol. The van der Waals surface area contributed by atoms with Gasteiger partial charge in [0.25, 0.3) is 0 Å². The maximum atomic E-state index is 9.75. The molecule has 1 fully saturated rings. The van der Waals surface area contributed by atoms with Gasteiger partial charge < -0.3 is 21.7 Å². The van der Waals surface area contributed by atoms with Crippen LogP contribution >= 0.6 is 23.2 Å². The number of halogens is 2. The van der Waals surface area contributed by atoms with Gasteiger partial charge in [-0.25, -0.2) is 0 Å². The molecule has 72 valence electrons. The van der Waals surface area contributed by atoms with Gasteiger partial charge in [0.1, 0.15) is 5.60 Å². The summed E-state index contributed by atoms with van der Waals surface area (Å²) in [5.74, 6) is 0. The van der Waals surface area contributed by atoms with Gasteiger partial charge in [-0.3, -0.25) is 0 Å². The van der Waals surface area contributed by atoms with Gasteiger partial charge in [0, 0.05) is 0 Å². The summed E-state index contributed by atoms with van der Waals surface area (Å²) in [6, 6.07) is 0. The Hall–Kier alpha value is 0.420. The predicted octanol–water partition coefficient (Wildman–Crippen LogP) is -0.710. The Kier molecular flexibility index (Phi) is 2.60. The van der Waals surface area contributed by atoms with Gasteiger partial charge in [0.15, 0.2) is 5.06 Å². The Bertz CT molecular complexity index is 188. The molecule has 3 unspecified atom stereocenters. The van der Waals surface area contributed by atoms with E-state index in [1.165, 1.54) is 0 Å². The van der Waals surface area contributed by atoms with Gasteiger partial charge in [-0.1, -0.05) is 11.6 Å². The summed E-state index contributed by atoms with van der Waals surface area (Å²) in [5.41, 5.74) is 8.90. The predicted molar refractivity (Wildman–Crippen MR) is 46.8 cm³/mol. The molecule has 6 heteroatoms. The molecule has 1 aliphatic rings. The molecule has 0 saturated heterocycles. The second-order valence-corrected chi connectivity index (χ2v) is 4.23. The molecule has 1 saturated carbocycles. The molecule has 1 rings (SSSR count). The summed E-state index contributed by atoms with van der Waals surface area (Å²) in [7, 11) is 0. The number of rotatable bonds is 1. The lowest BCUT2D eigenvalue weighted by Crippen LogP contribution is -2.64. The smallest absolute Gasteiger partial charge is 0.186 e.